The quantitative estimate of drug-likeness (QED) is 0.849. The zero-order chi connectivity index (χ0) is 17.4. The summed E-state index contributed by atoms with van der Waals surface area (Å²) in [4.78, 5) is 17.6. The van der Waals surface area contributed by atoms with Crippen LogP contribution < -0.4 is 5.01 Å². The number of hydrogen-bond acceptors (Lipinski definition) is 4. The first-order valence-corrected chi connectivity index (χ1v) is 9.56. The van der Waals surface area contributed by atoms with Gasteiger partial charge < -0.3 is 9.80 Å². The number of carbonyl (C=O) groups is 1. The van der Waals surface area contributed by atoms with Crippen molar-refractivity contribution in [2.45, 2.75) is 51.1 Å². The molecular formula is C20H28N4O. The Hall–Kier alpha value is -1.88. The molecule has 2 fully saturated rings. The van der Waals surface area contributed by atoms with Crippen LogP contribution in [-0.4, -0.2) is 60.2 Å². The van der Waals surface area contributed by atoms with E-state index in [0.29, 0.717) is 12.1 Å². The number of amides is 1. The van der Waals surface area contributed by atoms with Crippen LogP contribution in [0, 0.1) is 0 Å². The normalized spacial score (nSPS) is 27.2. The topological polar surface area (TPSA) is 39.2 Å². The van der Waals surface area contributed by atoms with Gasteiger partial charge in [0, 0.05) is 42.9 Å². The van der Waals surface area contributed by atoms with Crippen LogP contribution in [0.15, 0.2) is 29.4 Å². The molecule has 3 heterocycles. The number of carbonyl (C=O) groups excluding carboxylic acids is 1. The molecule has 0 radical (unpaired) electrons. The Bertz CT molecular complexity index is 669. The van der Waals surface area contributed by atoms with E-state index < -0.39 is 0 Å². The maximum atomic E-state index is 13.1. The summed E-state index contributed by atoms with van der Waals surface area (Å²) in [6.07, 6.45) is 5.76. The second-order valence-electron chi connectivity index (χ2n) is 7.65. The summed E-state index contributed by atoms with van der Waals surface area (Å²) in [5.74, 6) is 0.190. The van der Waals surface area contributed by atoms with Gasteiger partial charge in [-0.25, -0.2) is 0 Å². The minimum atomic E-state index is 0.190. The molecule has 5 heteroatoms. The van der Waals surface area contributed by atoms with Gasteiger partial charge in [-0.05, 0) is 70.5 Å². The van der Waals surface area contributed by atoms with Crippen molar-refractivity contribution >= 4 is 17.3 Å². The van der Waals surface area contributed by atoms with Crippen molar-refractivity contribution in [1.29, 1.82) is 0 Å². The van der Waals surface area contributed by atoms with Crippen LogP contribution in [-0.2, 0) is 0 Å². The first-order chi connectivity index (χ1) is 12.1. The standard InChI is InChI=1S/C20H28N4O/c1-15-11-14-24(21-15)17-9-7-16(8-10-17)20(25)23-13-4-6-19(23)18-5-3-12-22(18)2/h7-10,18-19H,3-6,11-14H2,1-2H3/t18-,19-/m0/s1. The minimum Gasteiger partial charge on any atom is -0.334 e. The molecule has 5 nitrogen and oxygen atoms in total. The van der Waals surface area contributed by atoms with Crippen molar-refractivity contribution < 1.29 is 4.79 Å². The van der Waals surface area contributed by atoms with E-state index in [4.69, 9.17) is 0 Å². The maximum Gasteiger partial charge on any atom is 0.254 e. The Kier molecular flexibility index (Phi) is 4.50. The van der Waals surface area contributed by atoms with Crippen LogP contribution >= 0.6 is 0 Å². The molecule has 2 atom stereocenters. The minimum absolute atomic E-state index is 0.190. The lowest BCUT2D eigenvalue weighted by molar-refractivity contribution is 0.0664. The summed E-state index contributed by atoms with van der Waals surface area (Å²) in [5.41, 5.74) is 3.04. The van der Waals surface area contributed by atoms with Gasteiger partial charge in [0.15, 0.2) is 0 Å². The van der Waals surface area contributed by atoms with Crippen molar-refractivity contribution in [2.75, 3.05) is 31.7 Å². The Morgan fingerprint density at radius 3 is 2.40 bits per heavy atom. The van der Waals surface area contributed by atoms with Gasteiger partial charge in [-0.15, -0.1) is 0 Å². The molecule has 1 aromatic carbocycles. The van der Waals surface area contributed by atoms with Gasteiger partial charge >= 0.3 is 0 Å². The molecule has 1 aromatic rings. The van der Waals surface area contributed by atoms with Crippen molar-refractivity contribution in [2.24, 2.45) is 5.10 Å². The number of rotatable bonds is 3. The lowest BCUT2D eigenvalue weighted by atomic mass is 10.0. The van der Waals surface area contributed by atoms with E-state index in [1.54, 1.807) is 0 Å². The van der Waals surface area contributed by atoms with Gasteiger partial charge in [0.1, 0.15) is 0 Å². The third-order valence-corrected chi connectivity index (χ3v) is 5.97. The molecule has 0 spiro atoms. The summed E-state index contributed by atoms with van der Waals surface area (Å²) in [6, 6.07) is 8.91. The predicted molar refractivity (Wildman–Crippen MR) is 101 cm³/mol. The third-order valence-electron chi connectivity index (χ3n) is 5.97. The lowest BCUT2D eigenvalue weighted by Crippen LogP contribution is -2.47. The highest BCUT2D eigenvalue weighted by atomic mass is 16.2. The zero-order valence-electron chi connectivity index (χ0n) is 15.3. The monoisotopic (exact) mass is 340 g/mol. The maximum absolute atomic E-state index is 13.1. The molecule has 0 saturated carbocycles. The molecule has 0 aromatic heterocycles. The highest BCUT2D eigenvalue weighted by molar-refractivity contribution is 5.95. The molecule has 0 aliphatic carbocycles. The van der Waals surface area contributed by atoms with Crippen molar-refractivity contribution in [3.05, 3.63) is 29.8 Å². The Morgan fingerprint density at radius 1 is 1.04 bits per heavy atom. The first kappa shape index (κ1) is 16.6. The summed E-state index contributed by atoms with van der Waals surface area (Å²) in [5, 5.41) is 6.56. The average molecular weight is 340 g/mol. The molecule has 2 saturated heterocycles. The predicted octanol–water partition coefficient (Wildman–Crippen LogP) is 2.97. The second kappa shape index (κ2) is 6.79. The number of anilines is 1. The molecule has 3 aliphatic rings. The number of hydrazone groups is 1. The zero-order valence-corrected chi connectivity index (χ0v) is 15.3. The van der Waals surface area contributed by atoms with Crippen molar-refractivity contribution in [3.8, 4) is 0 Å². The SMILES string of the molecule is CC1=NN(c2ccc(C(=O)N3CCC[C@H]3[C@@H]3CCCN3C)cc2)CC1. The number of likely N-dealkylation sites (N-methyl/N-ethyl adjacent to an activating group) is 1. The molecule has 0 bridgehead atoms. The van der Waals surface area contributed by atoms with Gasteiger partial charge in [0.05, 0.1) is 5.69 Å². The number of likely N-dealkylation sites (tertiary alicyclic amines) is 2. The van der Waals surface area contributed by atoms with Crippen LogP contribution in [0.4, 0.5) is 5.69 Å². The Balaban J connectivity index is 1.48. The van der Waals surface area contributed by atoms with Crippen LogP contribution in [0.25, 0.3) is 0 Å². The van der Waals surface area contributed by atoms with Gasteiger partial charge in [-0.1, -0.05) is 0 Å². The molecular weight excluding hydrogens is 312 g/mol. The molecule has 4 rings (SSSR count). The third kappa shape index (κ3) is 3.17. The fraction of sp³-hybridized carbons (Fsp3) is 0.600. The Morgan fingerprint density at radius 2 is 1.76 bits per heavy atom. The summed E-state index contributed by atoms with van der Waals surface area (Å²) < 4.78 is 0. The molecule has 25 heavy (non-hydrogen) atoms. The molecule has 134 valence electrons. The van der Waals surface area contributed by atoms with E-state index in [0.717, 1.165) is 50.1 Å². The Labute approximate surface area is 150 Å². The van der Waals surface area contributed by atoms with E-state index >= 15 is 0 Å². The molecule has 0 N–H and O–H groups in total. The smallest absolute Gasteiger partial charge is 0.254 e. The first-order valence-electron chi connectivity index (χ1n) is 9.56. The van der Waals surface area contributed by atoms with Crippen LogP contribution in [0.1, 0.15) is 49.4 Å². The van der Waals surface area contributed by atoms with E-state index in [-0.39, 0.29) is 5.91 Å². The van der Waals surface area contributed by atoms with E-state index in [2.05, 4.69) is 28.9 Å². The highest BCUT2D eigenvalue weighted by Gasteiger charge is 2.38. The summed E-state index contributed by atoms with van der Waals surface area (Å²) in [6.45, 7) is 5.05. The second-order valence-corrected chi connectivity index (χ2v) is 7.65. The summed E-state index contributed by atoms with van der Waals surface area (Å²) in [7, 11) is 2.20. The molecule has 3 aliphatic heterocycles. The van der Waals surface area contributed by atoms with Gasteiger partial charge in [-0.3, -0.25) is 9.80 Å². The largest absolute Gasteiger partial charge is 0.334 e. The fourth-order valence-electron chi connectivity index (χ4n) is 4.57. The van der Waals surface area contributed by atoms with Gasteiger partial charge in [0.25, 0.3) is 5.91 Å². The van der Waals surface area contributed by atoms with Gasteiger partial charge in [0.2, 0.25) is 0 Å². The van der Waals surface area contributed by atoms with E-state index in [1.165, 1.54) is 18.6 Å². The molecule has 1 amide bonds. The fourth-order valence-corrected chi connectivity index (χ4v) is 4.57. The van der Waals surface area contributed by atoms with Crippen LogP contribution in [0.2, 0.25) is 0 Å². The highest BCUT2D eigenvalue weighted by Crippen LogP contribution is 2.30. The average Bonchev–Trinajstić information content (AvgIpc) is 3.35. The van der Waals surface area contributed by atoms with Gasteiger partial charge in [-0.2, -0.15) is 5.10 Å². The number of benzene rings is 1. The number of nitrogens with zero attached hydrogens (tertiary/aromatic N) is 4. The van der Waals surface area contributed by atoms with E-state index in [9.17, 15) is 4.79 Å². The lowest BCUT2D eigenvalue weighted by Gasteiger charge is -2.33. The molecule has 0 unspecified atom stereocenters. The van der Waals surface area contributed by atoms with Crippen molar-refractivity contribution in [1.82, 2.24) is 9.80 Å². The van der Waals surface area contributed by atoms with E-state index in [1.807, 2.05) is 29.3 Å². The summed E-state index contributed by atoms with van der Waals surface area (Å²) >= 11 is 0. The van der Waals surface area contributed by atoms with Crippen LogP contribution in [0.5, 0.6) is 0 Å². The van der Waals surface area contributed by atoms with Crippen LogP contribution in [0.3, 0.4) is 0 Å². The van der Waals surface area contributed by atoms with Crippen molar-refractivity contribution in [3.63, 3.8) is 0 Å². The number of hydrogen-bond donors (Lipinski definition) is 0.